The molecule has 0 fully saturated rings. The molecule has 0 radical (unpaired) electrons. The molecule has 0 amide bonds. The van der Waals surface area contributed by atoms with Crippen LogP contribution in [0.15, 0.2) is 18.2 Å². The van der Waals surface area contributed by atoms with Crippen LogP contribution in [0, 0.1) is 19.7 Å². The Morgan fingerprint density at radius 1 is 1.24 bits per heavy atom. The highest BCUT2D eigenvalue weighted by Crippen LogP contribution is 2.23. The molecule has 2 aromatic rings. The molecule has 6 nitrogen and oxygen atoms in total. The summed E-state index contributed by atoms with van der Waals surface area (Å²) in [6.45, 7) is 5.02. The van der Waals surface area contributed by atoms with Crippen LogP contribution in [0.3, 0.4) is 0 Å². The number of benzene rings is 1. The number of hydrogen-bond donors (Lipinski definition) is 1. The summed E-state index contributed by atoms with van der Waals surface area (Å²) in [6.07, 6.45) is 0. The van der Waals surface area contributed by atoms with Crippen molar-refractivity contribution < 1.29 is 28.2 Å². The number of H-pyrrole nitrogens is 1. The minimum absolute atomic E-state index is 0.0913. The number of hydrogen-bond acceptors (Lipinski definition) is 5. The van der Waals surface area contributed by atoms with E-state index in [0.29, 0.717) is 16.8 Å². The molecule has 0 aliphatic carbocycles. The zero-order valence-corrected chi connectivity index (χ0v) is 14.6. The van der Waals surface area contributed by atoms with Crippen molar-refractivity contribution in [1.82, 2.24) is 4.98 Å². The minimum atomic E-state index is -0.580. The van der Waals surface area contributed by atoms with Gasteiger partial charge in [-0.1, -0.05) is 0 Å². The quantitative estimate of drug-likeness (QED) is 0.613. The predicted molar refractivity (Wildman–Crippen MR) is 89.0 cm³/mol. The Bertz CT molecular complexity index is 797. The number of esters is 1. The molecule has 1 N–H and O–H groups in total. The molecule has 0 saturated carbocycles. The van der Waals surface area contributed by atoms with E-state index in [1.807, 2.05) is 0 Å². The summed E-state index contributed by atoms with van der Waals surface area (Å²) in [5.41, 5.74) is 1.68. The number of aromatic amines is 1. The predicted octanol–water partition coefficient (Wildman–Crippen LogP) is 3.22. The lowest BCUT2D eigenvalue weighted by atomic mass is 10.1. The van der Waals surface area contributed by atoms with E-state index in [1.54, 1.807) is 20.8 Å². The fraction of sp³-hybridized carbons (Fsp3) is 0.333. The third-order valence-electron chi connectivity index (χ3n) is 3.69. The second kappa shape index (κ2) is 7.83. The van der Waals surface area contributed by atoms with Gasteiger partial charge in [-0.2, -0.15) is 0 Å². The molecule has 0 bridgehead atoms. The van der Waals surface area contributed by atoms with Gasteiger partial charge in [-0.3, -0.25) is 4.79 Å². The summed E-state index contributed by atoms with van der Waals surface area (Å²) in [4.78, 5) is 27.2. The van der Waals surface area contributed by atoms with E-state index in [1.165, 1.54) is 19.2 Å². The molecule has 1 aromatic heterocycles. The number of halogens is 1. The Labute approximate surface area is 144 Å². The fourth-order valence-corrected chi connectivity index (χ4v) is 2.50. The van der Waals surface area contributed by atoms with E-state index in [0.717, 1.165) is 6.07 Å². The number of rotatable bonds is 7. The number of ketones is 1. The number of methoxy groups -OCH3 is 1. The first-order valence-electron chi connectivity index (χ1n) is 7.74. The molecule has 1 aromatic carbocycles. The second-order valence-corrected chi connectivity index (χ2v) is 5.35. The molecule has 0 unspecified atom stereocenters. The Morgan fingerprint density at radius 2 is 1.96 bits per heavy atom. The van der Waals surface area contributed by atoms with Crippen molar-refractivity contribution in [2.24, 2.45) is 0 Å². The molecule has 0 aliphatic heterocycles. The van der Waals surface area contributed by atoms with Crippen LogP contribution in [-0.4, -0.2) is 37.1 Å². The van der Waals surface area contributed by atoms with Gasteiger partial charge in [0.1, 0.15) is 5.75 Å². The molecule has 1 heterocycles. The van der Waals surface area contributed by atoms with Crippen molar-refractivity contribution in [3.8, 4) is 11.5 Å². The summed E-state index contributed by atoms with van der Waals surface area (Å²) < 4.78 is 28.8. The maximum absolute atomic E-state index is 13.6. The summed E-state index contributed by atoms with van der Waals surface area (Å²) in [7, 11) is 1.36. The molecule has 25 heavy (non-hydrogen) atoms. The van der Waals surface area contributed by atoms with Gasteiger partial charge in [-0.05, 0) is 38.5 Å². The lowest BCUT2D eigenvalue weighted by molar-refractivity contribution is 0.0525. The zero-order valence-electron chi connectivity index (χ0n) is 14.6. The smallest absolute Gasteiger partial charge is 0.340 e. The lowest BCUT2D eigenvalue weighted by Gasteiger charge is -2.07. The van der Waals surface area contributed by atoms with Crippen molar-refractivity contribution >= 4 is 11.8 Å². The highest BCUT2D eigenvalue weighted by atomic mass is 19.1. The van der Waals surface area contributed by atoms with Crippen molar-refractivity contribution in [2.45, 2.75) is 20.8 Å². The van der Waals surface area contributed by atoms with Gasteiger partial charge < -0.3 is 19.2 Å². The molecular weight excluding hydrogens is 329 g/mol. The van der Waals surface area contributed by atoms with Crippen LogP contribution < -0.4 is 9.47 Å². The second-order valence-electron chi connectivity index (χ2n) is 5.35. The maximum atomic E-state index is 13.6. The van der Waals surface area contributed by atoms with Crippen LogP contribution in [0.4, 0.5) is 4.39 Å². The van der Waals surface area contributed by atoms with Gasteiger partial charge in [0, 0.05) is 11.8 Å². The van der Waals surface area contributed by atoms with Crippen LogP contribution >= 0.6 is 0 Å². The van der Waals surface area contributed by atoms with Gasteiger partial charge in [0.25, 0.3) is 0 Å². The van der Waals surface area contributed by atoms with Crippen molar-refractivity contribution in [2.75, 3.05) is 20.3 Å². The van der Waals surface area contributed by atoms with Crippen molar-refractivity contribution in [3.05, 3.63) is 46.5 Å². The number of Topliss-reactive ketones (excluding diaryl/α,β-unsaturated/α-hetero) is 1. The van der Waals surface area contributed by atoms with Crippen molar-refractivity contribution in [3.63, 3.8) is 0 Å². The van der Waals surface area contributed by atoms with Crippen molar-refractivity contribution in [1.29, 1.82) is 0 Å². The number of aromatic nitrogens is 1. The van der Waals surface area contributed by atoms with E-state index in [4.69, 9.17) is 14.2 Å². The average Bonchev–Trinajstić information content (AvgIpc) is 2.87. The van der Waals surface area contributed by atoms with Gasteiger partial charge in [-0.25, -0.2) is 9.18 Å². The molecular formula is C18H20FNO5. The summed E-state index contributed by atoms with van der Waals surface area (Å²) in [5, 5.41) is 0. The third kappa shape index (κ3) is 3.99. The van der Waals surface area contributed by atoms with Gasteiger partial charge >= 0.3 is 5.97 Å². The summed E-state index contributed by atoms with van der Waals surface area (Å²) in [6, 6.07) is 4.06. The first-order chi connectivity index (χ1) is 11.9. The normalized spacial score (nSPS) is 10.4. The molecule has 0 aliphatic rings. The number of nitrogens with one attached hydrogen (secondary N) is 1. The monoisotopic (exact) mass is 349 g/mol. The largest absolute Gasteiger partial charge is 0.494 e. The minimum Gasteiger partial charge on any atom is -0.494 e. The Balaban J connectivity index is 2.12. The van der Waals surface area contributed by atoms with Crippen LogP contribution in [0.25, 0.3) is 0 Å². The standard InChI is InChI=1S/C18H20FNO5/c1-5-24-18(22)16-10(2)17(20-11(16)3)14(21)9-25-12-6-7-15(23-4)13(19)8-12/h6-8,20H,5,9H2,1-4H3. The van der Waals surface area contributed by atoms with E-state index in [-0.39, 0.29) is 36.2 Å². The number of carbonyl (C=O) groups is 2. The molecule has 0 atom stereocenters. The van der Waals surface area contributed by atoms with Crippen LogP contribution in [0.1, 0.15) is 39.0 Å². The average molecular weight is 349 g/mol. The third-order valence-corrected chi connectivity index (χ3v) is 3.69. The van der Waals surface area contributed by atoms with Crippen LogP contribution in [0.2, 0.25) is 0 Å². The van der Waals surface area contributed by atoms with Crippen LogP contribution in [-0.2, 0) is 4.74 Å². The molecule has 134 valence electrons. The highest BCUT2D eigenvalue weighted by Gasteiger charge is 2.23. The first-order valence-corrected chi connectivity index (χ1v) is 7.74. The van der Waals surface area contributed by atoms with E-state index < -0.39 is 11.8 Å². The molecule has 2 rings (SSSR count). The first kappa shape index (κ1) is 18.5. The van der Waals surface area contributed by atoms with E-state index in [2.05, 4.69) is 4.98 Å². The summed E-state index contributed by atoms with van der Waals surface area (Å²) in [5.74, 6) is -1.12. The van der Waals surface area contributed by atoms with Gasteiger partial charge in [0.15, 0.2) is 18.2 Å². The van der Waals surface area contributed by atoms with Gasteiger partial charge in [0.05, 0.1) is 25.0 Å². The molecule has 0 spiro atoms. The van der Waals surface area contributed by atoms with Gasteiger partial charge in [-0.15, -0.1) is 0 Å². The lowest BCUT2D eigenvalue weighted by Crippen LogP contribution is -2.14. The van der Waals surface area contributed by atoms with E-state index >= 15 is 0 Å². The number of aryl methyl sites for hydroxylation is 1. The Kier molecular flexibility index (Phi) is 5.80. The molecule has 7 heteroatoms. The van der Waals surface area contributed by atoms with Gasteiger partial charge in [0.2, 0.25) is 5.78 Å². The molecule has 0 saturated heterocycles. The Morgan fingerprint density at radius 3 is 2.56 bits per heavy atom. The SMILES string of the molecule is CCOC(=O)c1c(C)[nH]c(C(=O)COc2ccc(OC)c(F)c2)c1C. The topological polar surface area (TPSA) is 77.6 Å². The van der Waals surface area contributed by atoms with E-state index in [9.17, 15) is 14.0 Å². The number of ether oxygens (including phenoxy) is 3. The van der Waals surface area contributed by atoms with Crippen LogP contribution in [0.5, 0.6) is 11.5 Å². The maximum Gasteiger partial charge on any atom is 0.340 e. The number of carbonyl (C=O) groups excluding carboxylic acids is 2. The summed E-state index contributed by atoms with van der Waals surface area (Å²) >= 11 is 0. The fourth-order valence-electron chi connectivity index (χ4n) is 2.50. The Hall–Kier alpha value is -2.83. The highest BCUT2D eigenvalue weighted by molar-refractivity contribution is 6.02. The zero-order chi connectivity index (χ0) is 18.6.